The van der Waals surface area contributed by atoms with Crippen LogP contribution in [0.15, 0.2) is 0 Å². The molecule has 6 nitrogen and oxygen atoms in total. The summed E-state index contributed by atoms with van der Waals surface area (Å²) in [5.74, 6) is -2.12. The minimum absolute atomic E-state index is 0.0280. The molecule has 1 N–H and O–H groups in total. The van der Waals surface area contributed by atoms with Crippen molar-refractivity contribution in [3.8, 4) is 0 Å². The molecule has 0 aromatic rings. The predicted molar refractivity (Wildman–Crippen MR) is 54.6 cm³/mol. The molecule has 1 aliphatic heterocycles. The van der Waals surface area contributed by atoms with Gasteiger partial charge in [0.15, 0.2) is 0 Å². The van der Waals surface area contributed by atoms with E-state index in [0.29, 0.717) is 0 Å². The van der Waals surface area contributed by atoms with Crippen molar-refractivity contribution in [2.75, 3.05) is 18.6 Å². The van der Waals surface area contributed by atoms with Gasteiger partial charge in [-0.15, -0.1) is 0 Å². The van der Waals surface area contributed by atoms with Gasteiger partial charge < -0.3 is 9.84 Å². The molecule has 0 radical (unpaired) electrons. The minimum atomic E-state index is -3.15. The van der Waals surface area contributed by atoms with Crippen molar-refractivity contribution in [1.29, 1.82) is 0 Å². The van der Waals surface area contributed by atoms with E-state index in [9.17, 15) is 18.0 Å². The van der Waals surface area contributed by atoms with Crippen molar-refractivity contribution >= 4 is 21.8 Å². The smallest absolute Gasteiger partial charge is 0.310 e. The van der Waals surface area contributed by atoms with Gasteiger partial charge in [-0.3, -0.25) is 9.59 Å². The lowest BCUT2D eigenvalue weighted by atomic mass is 9.79. The molecule has 92 valence electrons. The Morgan fingerprint density at radius 3 is 2.19 bits per heavy atom. The van der Waals surface area contributed by atoms with Crippen LogP contribution >= 0.6 is 0 Å². The van der Waals surface area contributed by atoms with Crippen molar-refractivity contribution in [3.05, 3.63) is 0 Å². The van der Waals surface area contributed by atoms with Crippen molar-refractivity contribution in [2.24, 2.45) is 5.41 Å². The first-order valence-electron chi connectivity index (χ1n) is 4.82. The molecule has 0 saturated carbocycles. The minimum Gasteiger partial charge on any atom is -0.481 e. The number of hydrogen-bond acceptors (Lipinski definition) is 5. The predicted octanol–water partition coefficient (Wildman–Crippen LogP) is -0.171. The van der Waals surface area contributed by atoms with E-state index < -0.39 is 27.2 Å². The van der Waals surface area contributed by atoms with Gasteiger partial charge in [-0.25, -0.2) is 8.42 Å². The maximum Gasteiger partial charge on any atom is 0.310 e. The summed E-state index contributed by atoms with van der Waals surface area (Å²) in [6, 6.07) is 0. The third-order valence-electron chi connectivity index (χ3n) is 2.95. The number of hydrogen-bond donors (Lipinski definition) is 1. The molecule has 1 aliphatic rings. The second-order valence-electron chi connectivity index (χ2n) is 3.99. The normalized spacial score (nSPS) is 22.3. The van der Waals surface area contributed by atoms with E-state index in [0.717, 1.165) is 0 Å². The molecule has 1 saturated heterocycles. The monoisotopic (exact) mass is 250 g/mol. The number of carbonyl (C=O) groups excluding carboxylic acids is 1. The highest BCUT2D eigenvalue weighted by atomic mass is 32.2. The second-order valence-corrected chi connectivity index (χ2v) is 6.29. The summed E-state index contributed by atoms with van der Waals surface area (Å²) in [5.41, 5.74) is -1.28. The third kappa shape index (κ3) is 2.72. The Bertz CT molecular complexity index is 382. The third-order valence-corrected chi connectivity index (χ3v) is 4.60. The van der Waals surface area contributed by atoms with Crippen LogP contribution in [-0.4, -0.2) is 44.1 Å². The van der Waals surface area contributed by atoms with E-state index in [2.05, 4.69) is 4.74 Å². The molecule has 0 bridgehead atoms. The second kappa shape index (κ2) is 4.40. The van der Waals surface area contributed by atoms with Crippen LogP contribution < -0.4 is 0 Å². The number of carbonyl (C=O) groups is 2. The van der Waals surface area contributed by atoms with Crippen LogP contribution in [0.3, 0.4) is 0 Å². The molecule has 1 fully saturated rings. The van der Waals surface area contributed by atoms with Gasteiger partial charge in [0.2, 0.25) is 0 Å². The zero-order chi connectivity index (χ0) is 12.4. The molecular weight excluding hydrogens is 236 g/mol. The molecular formula is C9H14O6S. The van der Waals surface area contributed by atoms with Crippen molar-refractivity contribution < 1.29 is 27.9 Å². The Hall–Kier alpha value is -1.11. The lowest BCUT2D eigenvalue weighted by Crippen LogP contribution is -2.41. The van der Waals surface area contributed by atoms with Gasteiger partial charge in [-0.05, 0) is 12.8 Å². The number of rotatable bonds is 3. The largest absolute Gasteiger partial charge is 0.481 e. The zero-order valence-corrected chi connectivity index (χ0v) is 9.75. The highest BCUT2D eigenvalue weighted by Gasteiger charge is 2.45. The van der Waals surface area contributed by atoms with E-state index in [-0.39, 0.29) is 30.8 Å². The average Bonchev–Trinajstić information content (AvgIpc) is 2.21. The lowest BCUT2D eigenvalue weighted by molar-refractivity contribution is -0.157. The van der Waals surface area contributed by atoms with Gasteiger partial charge in [-0.2, -0.15) is 0 Å². The van der Waals surface area contributed by atoms with Gasteiger partial charge in [0, 0.05) is 0 Å². The molecule has 0 aliphatic carbocycles. The van der Waals surface area contributed by atoms with Gasteiger partial charge in [0.05, 0.1) is 30.5 Å². The molecule has 0 unspecified atom stereocenters. The Kier molecular flexibility index (Phi) is 3.57. The van der Waals surface area contributed by atoms with Crippen LogP contribution in [0, 0.1) is 5.41 Å². The van der Waals surface area contributed by atoms with E-state index >= 15 is 0 Å². The standard InChI is InChI=1S/C9H14O6S/c1-15-7(10)6-9(8(11)12)2-4-16(13,14)5-3-9/h2-6H2,1H3,(H,11,12). The van der Waals surface area contributed by atoms with Crippen molar-refractivity contribution in [2.45, 2.75) is 19.3 Å². The number of esters is 1. The molecule has 1 rings (SSSR count). The Morgan fingerprint density at radius 1 is 1.31 bits per heavy atom. The van der Waals surface area contributed by atoms with Crippen LogP contribution in [-0.2, 0) is 24.2 Å². The summed E-state index contributed by atoms with van der Waals surface area (Å²) in [4.78, 5) is 22.3. The quantitative estimate of drug-likeness (QED) is 0.698. The summed E-state index contributed by atoms with van der Waals surface area (Å²) in [6.45, 7) is 0. The lowest BCUT2D eigenvalue weighted by Gasteiger charge is -2.31. The highest BCUT2D eigenvalue weighted by Crippen LogP contribution is 2.36. The van der Waals surface area contributed by atoms with Gasteiger partial charge in [-0.1, -0.05) is 0 Å². The highest BCUT2D eigenvalue weighted by molar-refractivity contribution is 7.91. The van der Waals surface area contributed by atoms with Crippen LogP contribution in [0.2, 0.25) is 0 Å². The van der Waals surface area contributed by atoms with Crippen molar-refractivity contribution in [3.63, 3.8) is 0 Å². The maximum atomic E-state index is 11.2. The number of aliphatic carboxylic acids is 1. The number of sulfone groups is 1. The summed E-state index contributed by atoms with van der Waals surface area (Å²) in [7, 11) is -1.97. The van der Waals surface area contributed by atoms with Gasteiger partial charge in [0.1, 0.15) is 9.84 Å². The molecule has 16 heavy (non-hydrogen) atoms. The van der Waals surface area contributed by atoms with Crippen LogP contribution in [0.4, 0.5) is 0 Å². The summed E-state index contributed by atoms with van der Waals surface area (Å²) >= 11 is 0. The fourth-order valence-corrected chi connectivity index (χ4v) is 3.35. The van der Waals surface area contributed by atoms with E-state index in [1.807, 2.05) is 0 Å². The molecule has 7 heteroatoms. The fourth-order valence-electron chi connectivity index (χ4n) is 1.74. The summed E-state index contributed by atoms with van der Waals surface area (Å²) in [5, 5.41) is 9.10. The molecule has 1 heterocycles. The molecule has 0 spiro atoms. The Morgan fingerprint density at radius 2 is 1.81 bits per heavy atom. The van der Waals surface area contributed by atoms with E-state index in [1.54, 1.807) is 0 Å². The number of carboxylic acids is 1. The topological polar surface area (TPSA) is 97.7 Å². The number of methoxy groups -OCH3 is 1. The SMILES string of the molecule is COC(=O)CC1(C(=O)O)CCS(=O)(=O)CC1. The molecule has 0 aromatic heterocycles. The van der Waals surface area contributed by atoms with Crippen LogP contribution in [0.1, 0.15) is 19.3 Å². The Labute approximate surface area is 93.5 Å². The van der Waals surface area contributed by atoms with Gasteiger partial charge >= 0.3 is 11.9 Å². The fraction of sp³-hybridized carbons (Fsp3) is 0.778. The van der Waals surface area contributed by atoms with E-state index in [1.165, 1.54) is 7.11 Å². The summed E-state index contributed by atoms with van der Waals surface area (Å²) < 4.78 is 26.8. The summed E-state index contributed by atoms with van der Waals surface area (Å²) in [6.07, 6.45) is -0.326. The first-order chi connectivity index (χ1) is 7.31. The first-order valence-corrected chi connectivity index (χ1v) is 6.64. The average molecular weight is 250 g/mol. The van der Waals surface area contributed by atoms with E-state index in [4.69, 9.17) is 5.11 Å². The molecule has 0 atom stereocenters. The molecule has 0 amide bonds. The molecule has 0 aromatic carbocycles. The number of ether oxygens (including phenoxy) is 1. The number of carboxylic acid groups (broad SMARTS) is 1. The van der Waals surface area contributed by atoms with Crippen LogP contribution in [0.5, 0.6) is 0 Å². The zero-order valence-electron chi connectivity index (χ0n) is 8.93. The maximum absolute atomic E-state index is 11.2. The van der Waals surface area contributed by atoms with Crippen LogP contribution in [0.25, 0.3) is 0 Å². The Balaban J connectivity index is 2.85. The van der Waals surface area contributed by atoms with Gasteiger partial charge in [0.25, 0.3) is 0 Å². The first kappa shape index (κ1) is 13.0. The van der Waals surface area contributed by atoms with Crippen molar-refractivity contribution in [1.82, 2.24) is 0 Å².